The molecule has 1 aromatic heterocycles. The van der Waals surface area contributed by atoms with E-state index in [0.29, 0.717) is 34.5 Å². The fourth-order valence-corrected chi connectivity index (χ4v) is 3.44. The van der Waals surface area contributed by atoms with Crippen LogP contribution in [0.3, 0.4) is 0 Å². The number of rotatable bonds is 8. The molecule has 0 atom stereocenters. The summed E-state index contributed by atoms with van der Waals surface area (Å²) in [6, 6.07) is 25.7. The Morgan fingerprint density at radius 3 is 2.00 bits per heavy atom. The van der Waals surface area contributed by atoms with Crippen LogP contribution in [0.25, 0.3) is 0 Å². The van der Waals surface area contributed by atoms with Crippen LogP contribution < -0.4 is 25.8 Å². The molecule has 0 unspecified atom stereocenters. The normalized spacial score (nSPS) is 10.6. The minimum absolute atomic E-state index is 0.131. The van der Waals surface area contributed by atoms with Crippen molar-refractivity contribution in [3.05, 3.63) is 96.3 Å². The van der Waals surface area contributed by atoms with Crippen LogP contribution in [0, 0.1) is 0 Å². The zero-order valence-corrected chi connectivity index (χ0v) is 17.9. The summed E-state index contributed by atoms with van der Waals surface area (Å²) in [6.45, 7) is 0. The number of nitrogen functional groups attached to an aromatic ring is 1. The number of ether oxygens (including phenoxy) is 2. The number of anilines is 4. The van der Waals surface area contributed by atoms with E-state index in [2.05, 4.69) is 44.9 Å². The fourth-order valence-electron chi connectivity index (χ4n) is 3.44. The lowest BCUT2D eigenvalue weighted by molar-refractivity contribution is 0.405. The van der Waals surface area contributed by atoms with Crippen LogP contribution in [-0.4, -0.2) is 24.2 Å². The first-order chi connectivity index (χ1) is 15.7. The van der Waals surface area contributed by atoms with E-state index in [0.717, 1.165) is 11.1 Å². The molecule has 0 amide bonds. The number of benzene rings is 3. The van der Waals surface area contributed by atoms with E-state index in [-0.39, 0.29) is 6.04 Å². The fraction of sp³-hybridized carbons (Fsp3) is 0.120. The smallest absolute Gasteiger partial charge is 0.159 e. The molecule has 0 aliphatic rings. The number of hydrogen-bond acceptors (Lipinski definition) is 7. The van der Waals surface area contributed by atoms with Gasteiger partial charge in [-0.15, -0.1) is 0 Å². The third-order valence-corrected chi connectivity index (χ3v) is 5.09. The van der Waals surface area contributed by atoms with Gasteiger partial charge in [-0.3, -0.25) is 0 Å². The molecule has 0 bridgehead atoms. The molecule has 32 heavy (non-hydrogen) atoms. The highest BCUT2D eigenvalue weighted by molar-refractivity contribution is 5.80. The number of methoxy groups -OCH3 is 2. The average Bonchev–Trinajstić information content (AvgIpc) is 2.85. The molecule has 7 nitrogen and oxygen atoms in total. The Morgan fingerprint density at radius 2 is 1.41 bits per heavy atom. The highest BCUT2D eigenvalue weighted by Crippen LogP contribution is 2.35. The number of aromatic nitrogens is 2. The Balaban J connectivity index is 1.67. The van der Waals surface area contributed by atoms with Crippen molar-refractivity contribution in [2.75, 3.05) is 30.6 Å². The van der Waals surface area contributed by atoms with Gasteiger partial charge in [0, 0.05) is 6.07 Å². The van der Waals surface area contributed by atoms with Crippen LogP contribution in [0.4, 0.5) is 23.0 Å². The maximum atomic E-state index is 6.48. The van der Waals surface area contributed by atoms with E-state index in [4.69, 9.17) is 15.2 Å². The predicted molar refractivity (Wildman–Crippen MR) is 128 cm³/mol. The highest BCUT2D eigenvalue weighted by atomic mass is 16.5. The lowest BCUT2D eigenvalue weighted by Crippen LogP contribution is -2.15. The topological polar surface area (TPSA) is 94.3 Å². The third kappa shape index (κ3) is 4.57. The van der Waals surface area contributed by atoms with Gasteiger partial charge in [0.2, 0.25) is 0 Å². The van der Waals surface area contributed by atoms with E-state index in [1.54, 1.807) is 14.2 Å². The maximum absolute atomic E-state index is 6.48. The van der Waals surface area contributed by atoms with Gasteiger partial charge < -0.3 is 25.8 Å². The summed E-state index contributed by atoms with van der Waals surface area (Å²) < 4.78 is 10.8. The minimum atomic E-state index is -0.131. The van der Waals surface area contributed by atoms with Gasteiger partial charge in [-0.05, 0) is 23.3 Å². The Bertz CT molecular complexity index is 1130. The number of nitrogens with zero attached hydrogens (tertiary/aromatic N) is 2. The van der Waals surface area contributed by atoms with Gasteiger partial charge in [-0.1, -0.05) is 60.7 Å². The lowest BCUT2D eigenvalue weighted by Gasteiger charge is -2.22. The molecule has 0 aliphatic carbocycles. The summed E-state index contributed by atoms with van der Waals surface area (Å²) in [5, 5.41) is 6.72. The molecular weight excluding hydrogens is 402 g/mol. The molecule has 7 heteroatoms. The summed E-state index contributed by atoms with van der Waals surface area (Å²) in [6.07, 6.45) is 1.47. The van der Waals surface area contributed by atoms with Crippen molar-refractivity contribution in [2.24, 2.45) is 0 Å². The molecule has 0 spiro atoms. The van der Waals surface area contributed by atoms with Crippen molar-refractivity contribution < 1.29 is 9.47 Å². The summed E-state index contributed by atoms with van der Waals surface area (Å²) in [5.74, 6) is 2.33. The maximum Gasteiger partial charge on any atom is 0.159 e. The van der Waals surface area contributed by atoms with Crippen LogP contribution in [-0.2, 0) is 0 Å². The molecule has 162 valence electrons. The third-order valence-electron chi connectivity index (χ3n) is 5.09. The minimum Gasteiger partial charge on any atom is -0.497 e. The monoisotopic (exact) mass is 427 g/mol. The summed E-state index contributed by atoms with van der Waals surface area (Å²) in [4.78, 5) is 8.74. The summed E-state index contributed by atoms with van der Waals surface area (Å²) >= 11 is 0. The zero-order chi connectivity index (χ0) is 22.3. The van der Waals surface area contributed by atoms with Gasteiger partial charge in [0.05, 0.1) is 25.9 Å². The Labute approximate surface area is 187 Å². The molecule has 3 aromatic carbocycles. The Kier molecular flexibility index (Phi) is 6.36. The van der Waals surface area contributed by atoms with E-state index in [9.17, 15) is 0 Å². The Hall–Kier alpha value is -4.26. The zero-order valence-electron chi connectivity index (χ0n) is 17.9. The van der Waals surface area contributed by atoms with Crippen LogP contribution in [0.1, 0.15) is 17.2 Å². The Morgan fingerprint density at radius 1 is 0.781 bits per heavy atom. The number of nitrogens with one attached hydrogen (secondary N) is 2. The number of hydrogen-bond donors (Lipinski definition) is 3. The van der Waals surface area contributed by atoms with Crippen molar-refractivity contribution in [1.82, 2.24) is 9.97 Å². The van der Waals surface area contributed by atoms with Gasteiger partial charge in [-0.2, -0.15) is 0 Å². The molecule has 4 aromatic rings. The van der Waals surface area contributed by atoms with Crippen molar-refractivity contribution in [1.29, 1.82) is 0 Å². The molecule has 0 saturated carbocycles. The van der Waals surface area contributed by atoms with Gasteiger partial charge in [0.25, 0.3) is 0 Å². The summed E-state index contributed by atoms with van der Waals surface area (Å²) in [7, 11) is 3.22. The van der Waals surface area contributed by atoms with Gasteiger partial charge in [-0.25, -0.2) is 9.97 Å². The second kappa shape index (κ2) is 9.70. The quantitative estimate of drug-likeness (QED) is 0.363. The summed E-state index contributed by atoms with van der Waals surface area (Å²) in [5.41, 5.74) is 9.75. The van der Waals surface area contributed by atoms with E-state index in [1.165, 1.54) is 6.33 Å². The second-order valence-electron chi connectivity index (χ2n) is 7.07. The average molecular weight is 428 g/mol. The predicted octanol–water partition coefficient (Wildman–Crippen LogP) is 5.02. The van der Waals surface area contributed by atoms with Crippen molar-refractivity contribution in [2.45, 2.75) is 6.04 Å². The van der Waals surface area contributed by atoms with Crippen molar-refractivity contribution >= 4 is 23.0 Å². The highest BCUT2D eigenvalue weighted by Gasteiger charge is 2.18. The number of nitrogens with two attached hydrogens (primary N) is 1. The first-order valence-corrected chi connectivity index (χ1v) is 10.2. The van der Waals surface area contributed by atoms with E-state index < -0.39 is 0 Å². The van der Waals surface area contributed by atoms with Gasteiger partial charge in [0.1, 0.15) is 23.5 Å². The lowest BCUT2D eigenvalue weighted by atomic mass is 9.99. The van der Waals surface area contributed by atoms with Crippen LogP contribution in [0.5, 0.6) is 11.5 Å². The van der Waals surface area contributed by atoms with Crippen LogP contribution >= 0.6 is 0 Å². The van der Waals surface area contributed by atoms with E-state index in [1.807, 2.05) is 54.6 Å². The van der Waals surface area contributed by atoms with Gasteiger partial charge in [0.15, 0.2) is 11.6 Å². The second-order valence-corrected chi connectivity index (χ2v) is 7.07. The van der Waals surface area contributed by atoms with E-state index >= 15 is 0 Å². The first kappa shape index (κ1) is 21.0. The van der Waals surface area contributed by atoms with Crippen molar-refractivity contribution in [3.63, 3.8) is 0 Å². The first-order valence-electron chi connectivity index (χ1n) is 10.2. The SMILES string of the molecule is COc1ccc(OC)c(Nc2ncnc(NC(c3ccccc3)c3ccccc3)c2N)c1. The largest absolute Gasteiger partial charge is 0.497 e. The molecule has 0 radical (unpaired) electrons. The molecular formula is C25H25N5O2. The molecule has 0 saturated heterocycles. The van der Waals surface area contributed by atoms with Gasteiger partial charge >= 0.3 is 0 Å². The molecule has 4 rings (SSSR count). The molecule has 0 fully saturated rings. The molecule has 4 N–H and O–H groups in total. The molecule has 1 heterocycles. The van der Waals surface area contributed by atoms with Crippen molar-refractivity contribution in [3.8, 4) is 11.5 Å². The van der Waals surface area contributed by atoms with Crippen LogP contribution in [0.15, 0.2) is 85.2 Å². The standard InChI is InChI=1S/C25H25N5O2/c1-31-19-13-14-21(32-2)20(15-19)29-24-22(26)25(28-16-27-24)30-23(17-9-5-3-6-10-17)18-11-7-4-8-12-18/h3-16,23H,26H2,1-2H3,(H2,27,28,29,30). The molecule has 0 aliphatic heterocycles. The van der Waals surface area contributed by atoms with Crippen LogP contribution in [0.2, 0.25) is 0 Å².